The molecule has 1 aromatic heterocycles. The largest absolute Gasteiger partial charge is 0.490 e. The van der Waals surface area contributed by atoms with Crippen LogP contribution in [0.4, 0.5) is 10.5 Å². The monoisotopic (exact) mass is 374 g/mol. The van der Waals surface area contributed by atoms with E-state index < -0.39 is 0 Å². The van der Waals surface area contributed by atoms with E-state index in [1.807, 2.05) is 41.8 Å². The highest BCUT2D eigenvalue weighted by Gasteiger charge is 2.14. The fourth-order valence-electron chi connectivity index (χ4n) is 2.80. The van der Waals surface area contributed by atoms with Crippen LogP contribution < -0.4 is 15.4 Å². The highest BCUT2D eigenvalue weighted by molar-refractivity contribution is 7.09. The molecule has 0 bridgehead atoms. The number of nitrogens with one attached hydrogen (secondary N) is 2. The van der Waals surface area contributed by atoms with Crippen LogP contribution in [0.2, 0.25) is 0 Å². The zero-order valence-corrected chi connectivity index (χ0v) is 15.9. The van der Waals surface area contributed by atoms with E-state index in [-0.39, 0.29) is 6.03 Å². The van der Waals surface area contributed by atoms with E-state index >= 15 is 0 Å². The molecule has 1 aromatic carbocycles. The van der Waals surface area contributed by atoms with Crippen LogP contribution in [-0.4, -0.2) is 62.2 Å². The number of likely N-dealkylation sites (N-methyl/N-ethyl adjacent to an activating group) is 1. The SMILES string of the molecule is CN1CCN(CCOc2ccccc2NC(=O)NCc2cccs2)CC1. The lowest BCUT2D eigenvalue weighted by Gasteiger charge is -2.32. The molecule has 2 N–H and O–H groups in total. The molecule has 3 rings (SSSR count). The predicted molar refractivity (Wildman–Crippen MR) is 106 cm³/mol. The number of nitrogens with zero attached hydrogens (tertiary/aromatic N) is 2. The zero-order valence-electron chi connectivity index (χ0n) is 15.1. The second kappa shape index (κ2) is 9.56. The van der Waals surface area contributed by atoms with E-state index in [1.54, 1.807) is 11.3 Å². The van der Waals surface area contributed by atoms with Gasteiger partial charge < -0.3 is 20.3 Å². The third kappa shape index (κ3) is 5.72. The summed E-state index contributed by atoms with van der Waals surface area (Å²) in [6, 6.07) is 11.3. The average Bonchev–Trinajstić information content (AvgIpc) is 3.17. The number of ether oxygens (including phenoxy) is 1. The van der Waals surface area contributed by atoms with E-state index in [4.69, 9.17) is 4.74 Å². The maximum Gasteiger partial charge on any atom is 0.319 e. The number of anilines is 1. The van der Waals surface area contributed by atoms with Gasteiger partial charge in [-0.05, 0) is 30.6 Å². The fraction of sp³-hybridized carbons (Fsp3) is 0.421. The van der Waals surface area contributed by atoms with Crippen LogP contribution in [0.15, 0.2) is 41.8 Å². The molecule has 0 atom stereocenters. The fourth-order valence-corrected chi connectivity index (χ4v) is 3.44. The maximum absolute atomic E-state index is 12.1. The van der Waals surface area contributed by atoms with Crippen molar-refractivity contribution in [2.45, 2.75) is 6.54 Å². The lowest BCUT2D eigenvalue weighted by Crippen LogP contribution is -2.45. The molecule has 2 heterocycles. The molecule has 0 aliphatic carbocycles. The third-order valence-electron chi connectivity index (χ3n) is 4.40. The Morgan fingerprint density at radius 2 is 1.96 bits per heavy atom. The van der Waals surface area contributed by atoms with Crippen molar-refractivity contribution in [3.05, 3.63) is 46.7 Å². The minimum Gasteiger partial charge on any atom is -0.490 e. The van der Waals surface area contributed by atoms with Gasteiger partial charge in [0.15, 0.2) is 0 Å². The molecular weight excluding hydrogens is 348 g/mol. The second-order valence-electron chi connectivity index (χ2n) is 6.38. The molecule has 140 valence electrons. The van der Waals surface area contributed by atoms with Gasteiger partial charge in [-0.3, -0.25) is 4.90 Å². The van der Waals surface area contributed by atoms with Gasteiger partial charge in [0.25, 0.3) is 0 Å². The number of urea groups is 1. The first kappa shape index (κ1) is 18.7. The number of piperazine rings is 1. The molecule has 1 aliphatic rings. The van der Waals surface area contributed by atoms with E-state index in [0.717, 1.165) is 37.6 Å². The van der Waals surface area contributed by atoms with Crippen molar-refractivity contribution in [1.82, 2.24) is 15.1 Å². The van der Waals surface area contributed by atoms with Crippen LogP contribution in [0.25, 0.3) is 0 Å². The maximum atomic E-state index is 12.1. The smallest absolute Gasteiger partial charge is 0.319 e. The van der Waals surface area contributed by atoms with Gasteiger partial charge in [0.05, 0.1) is 12.2 Å². The molecule has 1 aliphatic heterocycles. The van der Waals surface area contributed by atoms with Crippen molar-refractivity contribution in [2.75, 3.05) is 51.7 Å². The molecule has 1 fully saturated rings. The number of para-hydroxylation sites is 2. The van der Waals surface area contributed by atoms with Crippen LogP contribution in [0.3, 0.4) is 0 Å². The molecule has 2 amide bonds. The Hall–Kier alpha value is -2.09. The third-order valence-corrected chi connectivity index (χ3v) is 5.28. The number of amides is 2. The summed E-state index contributed by atoms with van der Waals surface area (Å²) in [4.78, 5) is 18.0. The molecule has 6 nitrogen and oxygen atoms in total. The van der Waals surface area contributed by atoms with Crippen LogP contribution in [-0.2, 0) is 6.54 Å². The topological polar surface area (TPSA) is 56.8 Å². The summed E-state index contributed by atoms with van der Waals surface area (Å²) in [5, 5.41) is 7.74. The zero-order chi connectivity index (χ0) is 18.2. The molecular formula is C19H26N4O2S. The first-order chi connectivity index (χ1) is 12.7. The molecule has 0 saturated carbocycles. The summed E-state index contributed by atoms with van der Waals surface area (Å²) in [5.41, 5.74) is 0.689. The van der Waals surface area contributed by atoms with Crippen LogP contribution in [0.1, 0.15) is 4.88 Å². The molecule has 7 heteroatoms. The summed E-state index contributed by atoms with van der Waals surface area (Å²) in [6.07, 6.45) is 0. The van der Waals surface area contributed by atoms with Crippen molar-refractivity contribution in [2.24, 2.45) is 0 Å². The Morgan fingerprint density at radius 1 is 1.15 bits per heavy atom. The highest BCUT2D eigenvalue weighted by Crippen LogP contribution is 2.23. The van der Waals surface area contributed by atoms with Crippen molar-refractivity contribution in [3.8, 4) is 5.75 Å². The average molecular weight is 375 g/mol. The number of rotatable bonds is 7. The van der Waals surface area contributed by atoms with Crippen LogP contribution >= 0.6 is 11.3 Å². The molecule has 0 unspecified atom stereocenters. The Balaban J connectivity index is 1.45. The van der Waals surface area contributed by atoms with Gasteiger partial charge in [0, 0.05) is 37.6 Å². The van der Waals surface area contributed by atoms with Gasteiger partial charge >= 0.3 is 6.03 Å². The second-order valence-corrected chi connectivity index (χ2v) is 7.41. The van der Waals surface area contributed by atoms with Gasteiger partial charge in [-0.2, -0.15) is 0 Å². The number of carbonyl (C=O) groups is 1. The quantitative estimate of drug-likeness (QED) is 0.782. The summed E-state index contributed by atoms with van der Waals surface area (Å²) in [7, 11) is 2.15. The van der Waals surface area contributed by atoms with Crippen LogP contribution in [0.5, 0.6) is 5.75 Å². The van der Waals surface area contributed by atoms with E-state index in [9.17, 15) is 4.79 Å². The molecule has 0 spiro atoms. The lowest BCUT2D eigenvalue weighted by molar-refractivity contribution is 0.134. The van der Waals surface area contributed by atoms with Crippen LogP contribution in [0, 0.1) is 0 Å². The first-order valence-electron chi connectivity index (χ1n) is 8.90. The number of carbonyl (C=O) groups excluding carboxylic acids is 1. The number of hydrogen-bond acceptors (Lipinski definition) is 5. The summed E-state index contributed by atoms with van der Waals surface area (Å²) >= 11 is 1.62. The minimum absolute atomic E-state index is 0.228. The Kier molecular flexibility index (Phi) is 6.88. The van der Waals surface area contributed by atoms with Gasteiger partial charge in [0.2, 0.25) is 0 Å². The molecule has 26 heavy (non-hydrogen) atoms. The number of hydrogen-bond donors (Lipinski definition) is 2. The van der Waals surface area contributed by atoms with Gasteiger partial charge in [-0.25, -0.2) is 4.79 Å². The summed E-state index contributed by atoms with van der Waals surface area (Å²) in [5.74, 6) is 0.702. The molecule has 1 saturated heterocycles. The van der Waals surface area contributed by atoms with Gasteiger partial charge in [-0.15, -0.1) is 11.3 Å². The standard InChI is InChI=1S/C19H26N4O2S/c1-22-8-10-23(11-9-22)12-13-25-18-7-3-2-6-17(18)21-19(24)20-15-16-5-4-14-26-16/h2-7,14H,8-13,15H2,1H3,(H2,20,21,24). The lowest BCUT2D eigenvalue weighted by atomic mass is 10.3. The van der Waals surface area contributed by atoms with Crippen molar-refractivity contribution < 1.29 is 9.53 Å². The molecule has 0 radical (unpaired) electrons. The first-order valence-corrected chi connectivity index (χ1v) is 9.78. The Morgan fingerprint density at radius 3 is 2.73 bits per heavy atom. The number of benzene rings is 1. The highest BCUT2D eigenvalue weighted by atomic mass is 32.1. The van der Waals surface area contributed by atoms with E-state index in [1.165, 1.54) is 0 Å². The molecule has 2 aromatic rings. The van der Waals surface area contributed by atoms with Gasteiger partial charge in [-0.1, -0.05) is 18.2 Å². The Labute approximate surface area is 158 Å². The van der Waals surface area contributed by atoms with Gasteiger partial charge in [0.1, 0.15) is 12.4 Å². The normalized spacial score (nSPS) is 15.6. The van der Waals surface area contributed by atoms with Crippen molar-refractivity contribution in [1.29, 1.82) is 0 Å². The number of thiophene rings is 1. The predicted octanol–water partition coefficient (Wildman–Crippen LogP) is 2.70. The van der Waals surface area contributed by atoms with Crippen molar-refractivity contribution >= 4 is 23.1 Å². The van der Waals surface area contributed by atoms with E-state index in [2.05, 4.69) is 27.5 Å². The Bertz CT molecular complexity index is 685. The van der Waals surface area contributed by atoms with Crippen molar-refractivity contribution in [3.63, 3.8) is 0 Å². The van der Waals surface area contributed by atoms with E-state index in [0.29, 0.717) is 24.6 Å². The summed E-state index contributed by atoms with van der Waals surface area (Å²) < 4.78 is 5.92. The minimum atomic E-state index is -0.228. The summed E-state index contributed by atoms with van der Waals surface area (Å²) in [6.45, 7) is 6.38.